The number of thioether (sulfide) groups is 1. The molecule has 0 spiro atoms. The fourth-order valence-corrected chi connectivity index (χ4v) is 3.42. The number of halogens is 2. The van der Waals surface area contributed by atoms with Crippen LogP contribution in [0, 0.1) is 0 Å². The molecule has 1 N–H and O–H groups in total. The van der Waals surface area contributed by atoms with Gasteiger partial charge in [-0.05, 0) is 17.7 Å². The summed E-state index contributed by atoms with van der Waals surface area (Å²) in [7, 11) is 0. The molecule has 0 radical (unpaired) electrons. The molecule has 0 saturated carbocycles. The maximum atomic E-state index is 11.9. The van der Waals surface area contributed by atoms with E-state index in [1.807, 2.05) is 26.0 Å². The van der Waals surface area contributed by atoms with Crippen molar-refractivity contribution in [1.29, 1.82) is 0 Å². The van der Waals surface area contributed by atoms with Gasteiger partial charge in [-0.1, -0.05) is 54.5 Å². The Morgan fingerprint density at radius 2 is 2.09 bits per heavy atom. The maximum Gasteiger partial charge on any atom is 0.236 e. The molecule has 0 fully saturated rings. The molecule has 1 heterocycles. The van der Waals surface area contributed by atoms with Gasteiger partial charge >= 0.3 is 0 Å². The van der Waals surface area contributed by atoms with Gasteiger partial charge in [0.2, 0.25) is 11.0 Å². The first kappa shape index (κ1) is 17.5. The third-order valence-electron chi connectivity index (χ3n) is 2.67. The Morgan fingerprint density at radius 3 is 2.73 bits per heavy atom. The van der Waals surface area contributed by atoms with E-state index in [4.69, 9.17) is 23.2 Å². The van der Waals surface area contributed by atoms with E-state index >= 15 is 0 Å². The monoisotopic (exact) mass is 375 g/mol. The summed E-state index contributed by atoms with van der Waals surface area (Å²) in [6, 6.07) is 5.47. The minimum absolute atomic E-state index is 0.0866. The fraction of sp³-hybridized carbons (Fsp3) is 0.357. The molecule has 2 aromatic rings. The van der Waals surface area contributed by atoms with Gasteiger partial charge in [0, 0.05) is 11.7 Å². The van der Waals surface area contributed by atoms with Crippen LogP contribution in [0.2, 0.25) is 10.0 Å². The van der Waals surface area contributed by atoms with Crippen LogP contribution in [-0.2, 0) is 10.5 Å². The number of hydrogen-bond donors (Lipinski definition) is 1. The van der Waals surface area contributed by atoms with E-state index < -0.39 is 0 Å². The summed E-state index contributed by atoms with van der Waals surface area (Å²) < 4.78 is 0. The van der Waals surface area contributed by atoms with Crippen LogP contribution >= 0.6 is 46.3 Å². The number of rotatable bonds is 6. The number of nitrogens with one attached hydrogen (secondary N) is 1. The smallest absolute Gasteiger partial charge is 0.236 e. The third-order valence-corrected chi connectivity index (χ3v) is 5.55. The van der Waals surface area contributed by atoms with Crippen molar-refractivity contribution < 1.29 is 4.79 Å². The zero-order valence-electron chi connectivity index (χ0n) is 12.1. The maximum absolute atomic E-state index is 11.9. The van der Waals surface area contributed by atoms with Crippen molar-refractivity contribution in [3.63, 3.8) is 0 Å². The van der Waals surface area contributed by atoms with Crippen LogP contribution in [-0.4, -0.2) is 21.9 Å². The van der Waals surface area contributed by atoms with Gasteiger partial charge in [-0.3, -0.25) is 10.1 Å². The van der Waals surface area contributed by atoms with Gasteiger partial charge in [0.25, 0.3) is 0 Å². The second kappa shape index (κ2) is 8.15. The number of hydrogen-bond acceptors (Lipinski definition) is 5. The number of anilines is 1. The van der Waals surface area contributed by atoms with Gasteiger partial charge in [-0.15, -0.1) is 22.0 Å². The summed E-state index contributed by atoms with van der Waals surface area (Å²) in [6.07, 6.45) is 0. The summed E-state index contributed by atoms with van der Waals surface area (Å²) >= 11 is 14.7. The van der Waals surface area contributed by atoms with Crippen LogP contribution in [0.4, 0.5) is 5.13 Å². The number of aromatic nitrogens is 2. The van der Waals surface area contributed by atoms with Gasteiger partial charge in [-0.2, -0.15) is 0 Å². The first-order valence-electron chi connectivity index (χ1n) is 6.60. The summed E-state index contributed by atoms with van der Waals surface area (Å²) in [5.74, 6) is 1.26. The highest BCUT2D eigenvalue weighted by Gasteiger charge is 2.10. The molecule has 0 aliphatic heterocycles. The Morgan fingerprint density at radius 1 is 1.32 bits per heavy atom. The zero-order chi connectivity index (χ0) is 16.1. The lowest BCUT2D eigenvalue weighted by Gasteiger charge is -2.03. The Labute approximate surface area is 147 Å². The van der Waals surface area contributed by atoms with E-state index in [9.17, 15) is 4.79 Å². The molecule has 0 unspecified atom stereocenters. The summed E-state index contributed by atoms with van der Waals surface area (Å²) in [4.78, 5) is 11.9. The first-order chi connectivity index (χ1) is 10.5. The molecule has 1 aromatic heterocycles. The van der Waals surface area contributed by atoms with Crippen LogP contribution < -0.4 is 5.32 Å². The lowest BCUT2D eigenvalue weighted by Crippen LogP contribution is -2.14. The van der Waals surface area contributed by atoms with Crippen molar-refractivity contribution in [2.45, 2.75) is 25.5 Å². The zero-order valence-corrected chi connectivity index (χ0v) is 15.2. The van der Waals surface area contributed by atoms with Gasteiger partial charge in [0.15, 0.2) is 0 Å². The second-order valence-corrected chi connectivity index (χ2v) is 7.70. The molecule has 0 bridgehead atoms. The molecule has 0 saturated heterocycles. The minimum Gasteiger partial charge on any atom is -0.300 e. The van der Waals surface area contributed by atoms with Crippen LogP contribution in [0.1, 0.15) is 30.3 Å². The molecule has 4 nitrogen and oxygen atoms in total. The molecule has 1 amide bonds. The summed E-state index contributed by atoms with van der Waals surface area (Å²) in [5, 5.41) is 13.3. The van der Waals surface area contributed by atoms with Gasteiger partial charge in [-0.25, -0.2) is 0 Å². The summed E-state index contributed by atoms with van der Waals surface area (Å²) in [5.41, 5.74) is 1.03. The average molecular weight is 376 g/mol. The first-order valence-corrected chi connectivity index (χ1v) is 9.33. The number of benzene rings is 1. The molecule has 0 atom stereocenters. The standard InChI is InChI=1S/C14H15Cl2N3OS2/c1-8(2)13-18-19-14(22-13)17-12(20)7-21-6-9-3-4-10(15)11(16)5-9/h3-5,8H,6-7H2,1-2H3,(H,17,19,20). The fourth-order valence-electron chi connectivity index (χ4n) is 1.56. The molecule has 8 heteroatoms. The molecule has 1 aromatic carbocycles. The molecule has 2 rings (SSSR count). The molecular weight excluding hydrogens is 361 g/mol. The number of carbonyl (C=O) groups excluding carboxylic acids is 1. The molecule has 22 heavy (non-hydrogen) atoms. The normalized spacial score (nSPS) is 11.0. The van der Waals surface area contributed by atoms with Gasteiger partial charge in [0.05, 0.1) is 15.8 Å². The molecule has 0 aliphatic carbocycles. The van der Waals surface area contributed by atoms with E-state index in [2.05, 4.69) is 15.5 Å². The van der Waals surface area contributed by atoms with Crippen molar-refractivity contribution in [3.05, 3.63) is 38.8 Å². The van der Waals surface area contributed by atoms with Crippen LogP contribution in [0.3, 0.4) is 0 Å². The van der Waals surface area contributed by atoms with E-state index in [-0.39, 0.29) is 5.91 Å². The van der Waals surface area contributed by atoms with Crippen molar-refractivity contribution in [1.82, 2.24) is 10.2 Å². The lowest BCUT2D eigenvalue weighted by atomic mass is 10.2. The number of carbonyl (C=O) groups is 1. The molecule has 0 aliphatic rings. The highest BCUT2D eigenvalue weighted by Crippen LogP contribution is 2.25. The van der Waals surface area contributed by atoms with E-state index in [0.29, 0.717) is 32.6 Å². The summed E-state index contributed by atoms with van der Waals surface area (Å²) in [6.45, 7) is 4.08. The van der Waals surface area contributed by atoms with Crippen LogP contribution in [0.15, 0.2) is 18.2 Å². The van der Waals surface area contributed by atoms with E-state index in [1.165, 1.54) is 23.1 Å². The second-order valence-electron chi connectivity index (χ2n) is 4.89. The quantitative estimate of drug-likeness (QED) is 0.784. The largest absolute Gasteiger partial charge is 0.300 e. The molecule has 118 valence electrons. The van der Waals surface area contributed by atoms with Gasteiger partial charge < -0.3 is 0 Å². The van der Waals surface area contributed by atoms with Crippen molar-refractivity contribution in [3.8, 4) is 0 Å². The Hall–Kier alpha value is -0.820. The van der Waals surface area contributed by atoms with Gasteiger partial charge in [0.1, 0.15) is 5.01 Å². The minimum atomic E-state index is -0.0866. The van der Waals surface area contributed by atoms with E-state index in [0.717, 1.165) is 10.6 Å². The van der Waals surface area contributed by atoms with E-state index in [1.54, 1.807) is 6.07 Å². The predicted molar refractivity (Wildman–Crippen MR) is 95.3 cm³/mol. The Bertz CT molecular complexity index is 661. The topological polar surface area (TPSA) is 54.9 Å². The Kier molecular flexibility index (Phi) is 6.50. The van der Waals surface area contributed by atoms with Crippen LogP contribution in [0.25, 0.3) is 0 Å². The van der Waals surface area contributed by atoms with Crippen molar-refractivity contribution >= 4 is 57.3 Å². The highest BCUT2D eigenvalue weighted by atomic mass is 35.5. The van der Waals surface area contributed by atoms with Crippen molar-refractivity contribution in [2.24, 2.45) is 0 Å². The highest BCUT2D eigenvalue weighted by molar-refractivity contribution is 7.99. The number of amides is 1. The Balaban J connectivity index is 1.78. The predicted octanol–water partition coefficient (Wildman–Crippen LogP) is 4.84. The third kappa shape index (κ3) is 5.12. The van der Waals surface area contributed by atoms with Crippen LogP contribution in [0.5, 0.6) is 0 Å². The molecular formula is C14H15Cl2N3OS2. The lowest BCUT2D eigenvalue weighted by molar-refractivity contribution is -0.113. The SMILES string of the molecule is CC(C)c1nnc(NC(=O)CSCc2ccc(Cl)c(Cl)c2)s1. The van der Waals surface area contributed by atoms with Crippen molar-refractivity contribution in [2.75, 3.05) is 11.1 Å². The average Bonchev–Trinajstić information content (AvgIpc) is 2.91. The number of nitrogens with zero attached hydrogens (tertiary/aromatic N) is 2.